The Kier molecular flexibility index (Phi) is 4.27. The van der Waals surface area contributed by atoms with E-state index in [1.807, 2.05) is 13.8 Å². The fourth-order valence-corrected chi connectivity index (χ4v) is 4.80. The first-order valence-electron chi connectivity index (χ1n) is 9.15. The van der Waals surface area contributed by atoms with Gasteiger partial charge >= 0.3 is 0 Å². The van der Waals surface area contributed by atoms with Crippen LogP contribution < -0.4 is 10.3 Å². The third kappa shape index (κ3) is 2.69. The van der Waals surface area contributed by atoms with Crippen molar-refractivity contribution in [2.24, 2.45) is 0 Å². The van der Waals surface area contributed by atoms with Gasteiger partial charge in [-0.15, -0.1) is 11.3 Å². The number of carbonyl (C=O) groups excluding carboxylic acids is 1. The van der Waals surface area contributed by atoms with Gasteiger partial charge in [-0.1, -0.05) is 29.8 Å². The lowest BCUT2D eigenvalue weighted by Gasteiger charge is -2.22. The molecule has 1 aliphatic heterocycles. The van der Waals surface area contributed by atoms with Crippen LogP contribution >= 0.6 is 22.9 Å². The Morgan fingerprint density at radius 1 is 1.17 bits per heavy atom. The first-order valence-corrected chi connectivity index (χ1v) is 10.3. The molecule has 0 radical (unpaired) electrons. The Balaban J connectivity index is 1.85. The van der Waals surface area contributed by atoms with E-state index < -0.39 is 23.2 Å². The van der Waals surface area contributed by atoms with Crippen LogP contribution in [0.3, 0.4) is 0 Å². The molecule has 1 amide bonds. The number of fused-ring (bicyclic) bond motifs is 2. The van der Waals surface area contributed by atoms with Crippen LogP contribution in [0, 0.1) is 19.7 Å². The second-order valence-corrected chi connectivity index (χ2v) is 8.67. The fourth-order valence-electron chi connectivity index (χ4n) is 3.69. The quantitative estimate of drug-likeness (QED) is 0.418. The summed E-state index contributed by atoms with van der Waals surface area (Å²) in [5.41, 5.74) is 0.886. The second kappa shape index (κ2) is 6.75. The summed E-state index contributed by atoms with van der Waals surface area (Å²) in [5.74, 6) is -1.15. The van der Waals surface area contributed by atoms with Crippen LogP contribution in [0.15, 0.2) is 51.7 Å². The van der Waals surface area contributed by atoms with Crippen LogP contribution in [0.4, 0.5) is 9.52 Å². The van der Waals surface area contributed by atoms with Crippen LogP contribution in [0.25, 0.3) is 11.0 Å². The zero-order chi connectivity index (χ0) is 21.2. The second-order valence-electron chi connectivity index (χ2n) is 7.05. The molecule has 5 nitrogen and oxygen atoms in total. The molecule has 5 rings (SSSR count). The van der Waals surface area contributed by atoms with Crippen molar-refractivity contribution in [2.75, 3.05) is 4.90 Å². The summed E-state index contributed by atoms with van der Waals surface area (Å²) in [6, 6.07) is 9.71. The number of aryl methyl sites for hydroxylation is 2. The van der Waals surface area contributed by atoms with E-state index in [1.54, 1.807) is 30.3 Å². The molecular formula is C22H14ClFN2O3S. The van der Waals surface area contributed by atoms with E-state index >= 15 is 0 Å². The predicted octanol–water partition coefficient (Wildman–Crippen LogP) is 5.41. The largest absolute Gasteiger partial charge is 0.450 e. The van der Waals surface area contributed by atoms with Crippen molar-refractivity contribution in [2.45, 2.75) is 19.9 Å². The van der Waals surface area contributed by atoms with E-state index in [1.165, 1.54) is 28.4 Å². The van der Waals surface area contributed by atoms with Crippen LogP contribution in [0.5, 0.6) is 0 Å². The number of anilines is 1. The van der Waals surface area contributed by atoms with Gasteiger partial charge < -0.3 is 4.42 Å². The van der Waals surface area contributed by atoms with Gasteiger partial charge in [-0.2, -0.15) is 0 Å². The normalized spacial score (nSPS) is 15.8. The lowest BCUT2D eigenvalue weighted by atomic mass is 9.98. The van der Waals surface area contributed by atoms with Crippen molar-refractivity contribution in [3.8, 4) is 0 Å². The monoisotopic (exact) mass is 440 g/mol. The minimum absolute atomic E-state index is 0.0883. The Morgan fingerprint density at radius 3 is 2.63 bits per heavy atom. The number of benzene rings is 2. The van der Waals surface area contributed by atoms with Crippen molar-refractivity contribution in [1.82, 2.24) is 4.98 Å². The minimum Gasteiger partial charge on any atom is -0.450 e. The zero-order valence-corrected chi connectivity index (χ0v) is 17.5. The number of hydrogen-bond donors (Lipinski definition) is 0. The van der Waals surface area contributed by atoms with E-state index in [9.17, 15) is 14.0 Å². The molecule has 0 saturated carbocycles. The SMILES string of the molecule is Cc1nc(N2C(=O)c3oc4ccc(Cl)cc4c(=O)c3[C@@H]2c2ccccc2F)sc1C. The lowest BCUT2D eigenvalue weighted by molar-refractivity contribution is 0.0970. The molecule has 4 aromatic rings. The standard InChI is InChI=1S/C22H14ClFN2O3S/c1-10-11(2)30-22(25-10)26-18(13-5-3-4-6-15(13)24)17-19(27)14-9-12(23)7-8-16(14)29-20(17)21(26)28/h3-9,18H,1-2H3/t18-/m0/s1. The molecule has 0 spiro atoms. The van der Waals surface area contributed by atoms with Crippen molar-refractivity contribution in [3.05, 3.63) is 91.0 Å². The topological polar surface area (TPSA) is 63.4 Å². The van der Waals surface area contributed by atoms with Gasteiger partial charge in [0.15, 0.2) is 10.6 Å². The Morgan fingerprint density at radius 2 is 1.93 bits per heavy atom. The van der Waals surface area contributed by atoms with Gasteiger partial charge in [-0.3, -0.25) is 14.5 Å². The summed E-state index contributed by atoms with van der Waals surface area (Å²) >= 11 is 7.38. The van der Waals surface area contributed by atoms with Crippen molar-refractivity contribution in [3.63, 3.8) is 0 Å². The fraction of sp³-hybridized carbons (Fsp3) is 0.136. The maximum atomic E-state index is 14.8. The van der Waals surface area contributed by atoms with E-state index in [-0.39, 0.29) is 27.9 Å². The summed E-state index contributed by atoms with van der Waals surface area (Å²) in [7, 11) is 0. The predicted molar refractivity (Wildman–Crippen MR) is 114 cm³/mol. The molecule has 2 aromatic carbocycles. The molecule has 0 unspecified atom stereocenters. The lowest BCUT2D eigenvalue weighted by Crippen LogP contribution is -2.30. The molecule has 0 fully saturated rings. The van der Waals surface area contributed by atoms with E-state index in [4.69, 9.17) is 16.0 Å². The van der Waals surface area contributed by atoms with Gasteiger partial charge in [0.05, 0.1) is 16.6 Å². The number of thiazole rings is 1. The van der Waals surface area contributed by atoms with Gasteiger partial charge in [0, 0.05) is 15.5 Å². The molecule has 3 heterocycles. The number of hydrogen-bond acceptors (Lipinski definition) is 5. The van der Waals surface area contributed by atoms with Gasteiger partial charge in [-0.05, 0) is 38.1 Å². The van der Waals surface area contributed by atoms with Crippen LogP contribution in [-0.4, -0.2) is 10.9 Å². The third-order valence-corrected chi connectivity index (χ3v) is 6.56. The first kappa shape index (κ1) is 19.0. The number of carbonyl (C=O) groups is 1. The Labute approximate surface area is 179 Å². The Hall–Kier alpha value is -3.03. The maximum absolute atomic E-state index is 14.8. The molecule has 8 heteroatoms. The number of aromatic nitrogens is 1. The average Bonchev–Trinajstić information content (AvgIpc) is 3.19. The van der Waals surface area contributed by atoms with Crippen molar-refractivity contribution >= 4 is 44.9 Å². The van der Waals surface area contributed by atoms with Gasteiger partial charge in [0.25, 0.3) is 5.91 Å². The number of halogens is 2. The van der Waals surface area contributed by atoms with E-state index in [2.05, 4.69) is 4.98 Å². The Bertz CT molecular complexity index is 1390. The molecule has 1 aliphatic rings. The number of nitrogens with zero attached hydrogens (tertiary/aromatic N) is 2. The van der Waals surface area contributed by atoms with Crippen LogP contribution in [-0.2, 0) is 0 Å². The highest BCUT2D eigenvalue weighted by Crippen LogP contribution is 2.43. The zero-order valence-electron chi connectivity index (χ0n) is 15.9. The average molecular weight is 441 g/mol. The summed E-state index contributed by atoms with van der Waals surface area (Å²) in [6.45, 7) is 3.73. The summed E-state index contributed by atoms with van der Waals surface area (Å²) in [4.78, 5) is 33.6. The van der Waals surface area contributed by atoms with Crippen molar-refractivity contribution < 1.29 is 13.6 Å². The van der Waals surface area contributed by atoms with Gasteiger partial charge in [0.2, 0.25) is 5.76 Å². The van der Waals surface area contributed by atoms with Crippen LogP contribution in [0.2, 0.25) is 5.02 Å². The number of rotatable bonds is 2. The highest BCUT2D eigenvalue weighted by molar-refractivity contribution is 7.15. The molecule has 0 N–H and O–H groups in total. The smallest absolute Gasteiger partial charge is 0.297 e. The molecule has 1 atom stereocenters. The van der Waals surface area contributed by atoms with Crippen molar-refractivity contribution in [1.29, 1.82) is 0 Å². The van der Waals surface area contributed by atoms with Gasteiger partial charge in [0.1, 0.15) is 17.4 Å². The number of amides is 1. The summed E-state index contributed by atoms with van der Waals surface area (Å²) < 4.78 is 20.7. The molecule has 0 saturated heterocycles. The molecule has 2 aromatic heterocycles. The van der Waals surface area contributed by atoms with Gasteiger partial charge in [-0.25, -0.2) is 9.37 Å². The third-order valence-electron chi connectivity index (χ3n) is 5.26. The summed E-state index contributed by atoms with van der Waals surface area (Å²) in [5, 5.41) is 0.990. The molecule has 0 bridgehead atoms. The molecule has 30 heavy (non-hydrogen) atoms. The minimum atomic E-state index is -0.988. The molecular weight excluding hydrogens is 427 g/mol. The molecule has 0 aliphatic carbocycles. The maximum Gasteiger partial charge on any atom is 0.297 e. The van der Waals surface area contributed by atoms with E-state index in [0.29, 0.717) is 10.2 Å². The highest BCUT2D eigenvalue weighted by atomic mass is 35.5. The summed E-state index contributed by atoms with van der Waals surface area (Å²) in [6.07, 6.45) is 0. The first-order chi connectivity index (χ1) is 14.4. The highest BCUT2D eigenvalue weighted by Gasteiger charge is 2.45. The molecule has 150 valence electrons. The van der Waals surface area contributed by atoms with E-state index in [0.717, 1.165) is 10.6 Å². The van der Waals surface area contributed by atoms with Crippen LogP contribution in [0.1, 0.15) is 38.3 Å².